The van der Waals surface area contributed by atoms with Crippen LogP contribution < -0.4 is 10.6 Å². The standard InChI is InChI=1S/C21H16F3N3O3/c22-21(23,24)16-7-4-8-17(12-16)26-20(28)15-9-10-18(19(11-15)27(29)30)25-13-14-5-2-1-3-6-14/h1-12,25H,13H2,(H,26,28). The van der Waals surface area contributed by atoms with E-state index in [0.717, 1.165) is 29.8 Å². The van der Waals surface area contributed by atoms with Crippen LogP contribution in [0, 0.1) is 10.1 Å². The fourth-order valence-corrected chi connectivity index (χ4v) is 2.74. The molecule has 0 aliphatic heterocycles. The molecule has 0 aliphatic carbocycles. The Balaban J connectivity index is 1.78. The molecule has 3 rings (SSSR count). The molecule has 0 saturated heterocycles. The van der Waals surface area contributed by atoms with Crippen molar-refractivity contribution in [3.8, 4) is 0 Å². The summed E-state index contributed by atoms with van der Waals surface area (Å²) >= 11 is 0. The van der Waals surface area contributed by atoms with Crippen molar-refractivity contribution in [2.45, 2.75) is 12.7 Å². The minimum Gasteiger partial charge on any atom is -0.375 e. The van der Waals surface area contributed by atoms with Gasteiger partial charge in [-0.05, 0) is 35.9 Å². The minimum absolute atomic E-state index is 0.0515. The number of nitro groups is 1. The second-order valence-electron chi connectivity index (χ2n) is 6.36. The molecule has 9 heteroatoms. The molecule has 0 atom stereocenters. The number of carbonyl (C=O) groups excluding carboxylic acids is 1. The Morgan fingerprint density at radius 2 is 1.70 bits per heavy atom. The summed E-state index contributed by atoms with van der Waals surface area (Å²) in [4.78, 5) is 23.2. The molecule has 3 aromatic rings. The SMILES string of the molecule is O=C(Nc1cccc(C(F)(F)F)c1)c1ccc(NCc2ccccc2)c([N+](=O)[O-])c1. The Hall–Kier alpha value is -3.88. The highest BCUT2D eigenvalue weighted by Gasteiger charge is 2.30. The maximum Gasteiger partial charge on any atom is 0.416 e. The summed E-state index contributed by atoms with van der Waals surface area (Å²) in [5.41, 5.74) is -0.208. The Morgan fingerprint density at radius 1 is 0.967 bits per heavy atom. The summed E-state index contributed by atoms with van der Waals surface area (Å²) in [6.45, 7) is 0.345. The maximum atomic E-state index is 12.8. The quantitative estimate of drug-likeness (QED) is 0.413. The number of benzene rings is 3. The van der Waals surface area contributed by atoms with E-state index in [-0.39, 0.29) is 22.6 Å². The number of hydrogen-bond donors (Lipinski definition) is 2. The van der Waals surface area contributed by atoms with Crippen molar-refractivity contribution in [1.82, 2.24) is 0 Å². The molecule has 0 aromatic heterocycles. The molecule has 3 aromatic carbocycles. The summed E-state index contributed by atoms with van der Waals surface area (Å²) < 4.78 is 38.4. The number of nitrogens with zero attached hydrogens (tertiary/aromatic N) is 1. The summed E-state index contributed by atoms with van der Waals surface area (Å²) in [6, 6.07) is 17.2. The monoisotopic (exact) mass is 415 g/mol. The lowest BCUT2D eigenvalue weighted by atomic mass is 10.1. The van der Waals surface area contributed by atoms with Crippen molar-refractivity contribution in [2.75, 3.05) is 10.6 Å². The van der Waals surface area contributed by atoms with E-state index in [1.54, 1.807) is 0 Å². The van der Waals surface area contributed by atoms with Crippen LogP contribution in [0.3, 0.4) is 0 Å². The van der Waals surface area contributed by atoms with Gasteiger partial charge in [-0.15, -0.1) is 0 Å². The van der Waals surface area contributed by atoms with Crippen LogP contribution in [0.1, 0.15) is 21.5 Å². The largest absolute Gasteiger partial charge is 0.416 e. The van der Waals surface area contributed by atoms with Crippen LogP contribution in [0.5, 0.6) is 0 Å². The van der Waals surface area contributed by atoms with Crippen LogP contribution in [-0.4, -0.2) is 10.8 Å². The van der Waals surface area contributed by atoms with Gasteiger partial charge in [-0.2, -0.15) is 13.2 Å². The van der Waals surface area contributed by atoms with E-state index in [9.17, 15) is 28.1 Å². The molecule has 0 fully saturated rings. The normalized spacial score (nSPS) is 11.0. The lowest BCUT2D eigenvalue weighted by Crippen LogP contribution is -2.14. The fraction of sp³-hybridized carbons (Fsp3) is 0.0952. The van der Waals surface area contributed by atoms with E-state index in [4.69, 9.17) is 0 Å². The Bertz CT molecular complexity index is 1070. The molecule has 0 bridgehead atoms. The Labute approximate surface area is 169 Å². The molecule has 30 heavy (non-hydrogen) atoms. The first kappa shape index (κ1) is 20.8. The van der Waals surface area contributed by atoms with Crippen molar-refractivity contribution < 1.29 is 22.9 Å². The zero-order valence-corrected chi connectivity index (χ0v) is 15.4. The van der Waals surface area contributed by atoms with Crippen LogP contribution >= 0.6 is 0 Å². The zero-order chi connectivity index (χ0) is 21.7. The van der Waals surface area contributed by atoms with Crippen LogP contribution in [0.2, 0.25) is 0 Å². The third-order valence-electron chi connectivity index (χ3n) is 4.23. The molecular formula is C21H16F3N3O3. The maximum absolute atomic E-state index is 12.8. The van der Waals surface area contributed by atoms with Gasteiger partial charge in [0.05, 0.1) is 10.5 Å². The molecule has 0 saturated carbocycles. The molecule has 0 unspecified atom stereocenters. The number of carbonyl (C=O) groups is 1. The lowest BCUT2D eigenvalue weighted by Gasteiger charge is -2.11. The van der Waals surface area contributed by atoms with Gasteiger partial charge in [0.2, 0.25) is 0 Å². The van der Waals surface area contributed by atoms with Crippen molar-refractivity contribution in [2.24, 2.45) is 0 Å². The fourth-order valence-electron chi connectivity index (χ4n) is 2.74. The van der Waals surface area contributed by atoms with Gasteiger partial charge in [0.1, 0.15) is 5.69 Å². The highest BCUT2D eigenvalue weighted by atomic mass is 19.4. The third-order valence-corrected chi connectivity index (χ3v) is 4.23. The number of rotatable bonds is 6. The first-order chi connectivity index (χ1) is 14.2. The lowest BCUT2D eigenvalue weighted by molar-refractivity contribution is -0.384. The number of alkyl halides is 3. The predicted molar refractivity (Wildman–Crippen MR) is 106 cm³/mol. The molecule has 1 amide bonds. The molecule has 0 heterocycles. The predicted octanol–water partition coefficient (Wildman–Crippen LogP) is 5.48. The van der Waals surface area contributed by atoms with Gasteiger partial charge in [0.25, 0.3) is 11.6 Å². The van der Waals surface area contributed by atoms with Crippen molar-refractivity contribution in [1.29, 1.82) is 0 Å². The van der Waals surface area contributed by atoms with E-state index in [1.165, 1.54) is 18.2 Å². The van der Waals surface area contributed by atoms with Crippen LogP contribution in [-0.2, 0) is 12.7 Å². The van der Waals surface area contributed by atoms with Crippen LogP contribution in [0.15, 0.2) is 72.8 Å². The number of nitro benzene ring substituents is 1. The Morgan fingerprint density at radius 3 is 2.37 bits per heavy atom. The van der Waals surface area contributed by atoms with Crippen molar-refractivity contribution >= 4 is 23.0 Å². The molecule has 0 radical (unpaired) electrons. The van der Waals surface area contributed by atoms with E-state index < -0.39 is 22.6 Å². The number of anilines is 2. The van der Waals surface area contributed by atoms with E-state index in [2.05, 4.69) is 10.6 Å². The number of nitrogens with one attached hydrogen (secondary N) is 2. The summed E-state index contributed by atoms with van der Waals surface area (Å²) in [5, 5.41) is 16.7. The summed E-state index contributed by atoms with van der Waals surface area (Å²) in [6.07, 6.45) is -4.55. The molecule has 154 valence electrons. The number of hydrogen-bond acceptors (Lipinski definition) is 4. The second-order valence-corrected chi connectivity index (χ2v) is 6.36. The molecule has 0 aliphatic rings. The zero-order valence-electron chi connectivity index (χ0n) is 15.4. The van der Waals surface area contributed by atoms with Crippen molar-refractivity contribution in [3.05, 3.63) is 99.6 Å². The third kappa shape index (κ3) is 5.13. The van der Waals surface area contributed by atoms with Crippen molar-refractivity contribution in [3.63, 3.8) is 0 Å². The highest BCUT2D eigenvalue weighted by molar-refractivity contribution is 6.05. The highest BCUT2D eigenvalue weighted by Crippen LogP contribution is 2.31. The minimum atomic E-state index is -4.55. The number of halogens is 3. The van der Waals surface area contributed by atoms with Gasteiger partial charge in [0, 0.05) is 23.9 Å². The van der Waals surface area contributed by atoms with E-state index >= 15 is 0 Å². The van der Waals surface area contributed by atoms with Gasteiger partial charge in [-0.1, -0.05) is 36.4 Å². The van der Waals surface area contributed by atoms with Crippen LogP contribution in [0.4, 0.5) is 30.2 Å². The van der Waals surface area contributed by atoms with E-state index in [0.29, 0.717) is 6.54 Å². The summed E-state index contributed by atoms with van der Waals surface area (Å²) in [5.74, 6) is -0.757. The molecular weight excluding hydrogens is 399 g/mol. The molecule has 6 nitrogen and oxygen atoms in total. The second kappa shape index (κ2) is 8.64. The smallest absolute Gasteiger partial charge is 0.375 e. The average Bonchev–Trinajstić information content (AvgIpc) is 2.72. The average molecular weight is 415 g/mol. The van der Waals surface area contributed by atoms with Gasteiger partial charge in [-0.25, -0.2) is 0 Å². The van der Waals surface area contributed by atoms with Gasteiger partial charge in [-0.3, -0.25) is 14.9 Å². The van der Waals surface area contributed by atoms with Gasteiger partial charge in [0.15, 0.2) is 0 Å². The van der Waals surface area contributed by atoms with Gasteiger partial charge < -0.3 is 10.6 Å². The van der Waals surface area contributed by atoms with E-state index in [1.807, 2.05) is 30.3 Å². The molecule has 2 N–H and O–H groups in total. The number of amides is 1. The first-order valence-electron chi connectivity index (χ1n) is 8.79. The topological polar surface area (TPSA) is 84.3 Å². The van der Waals surface area contributed by atoms with Crippen LogP contribution in [0.25, 0.3) is 0 Å². The van der Waals surface area contributed by atoms with Gasteiger partial charge >= 0.3 is 6.18 Å². The first-order valence-corrected chi connectivity index (χ1v) is 8.79. The summed E-state index contributed by atoms with van der Waals surface area (Å²) in [7, 11) is 0. The molecule has 0 spiro atoms. The Kier molecular flexibility index (Phi) is 6.01.